The topological polar surface area (TPSA) is 143 Å². The van der Waals surface area contributed by atoms with E-state index in [-0.39, 0.29) is 25.3 Å². The highest BCUT2D eigenvalue weighted by Crippen LogP contribution is 2.13. The number of hydrogen-bond donors (Lipinski definition) is 5. The Kier molecular flexibility index (Phi) is 3.29. The third kappa shape index (κ3) is 1.81. The summed E-state index contributed by atoms with van der Waals surface area (Å²) in [5, 5.41) is 25.5. The summed E-state index contributed by atoms with van der Waals surface area (Å²) in [7, 11) is 0. The molecule has 0 saturated carbocycles. The molecule has 7 heteroatoms. The van der Waals surface area contributed by atoms with Gasteiger partial charge in [0.2, 0.25) is 0 Å². The number of rotatable bonds is 4. The van der Waals surface area contributed by atoms with Gasteiger partial charge in [-0.05, 0) is 0 Å². The minimum atomic E-state index is -1.39. The number of hydrogen-bond acceptors (Lipinski definition) is 7. The van der Waals surface area contributed by atoms with Crippen LogP contribution < -0.4 is 17.2 Å². The van der Waals surface area contributed by atoms with E-state index in [0.29, 0.717) is 5.71 Å². The van der Waals surface area contributed by atoms with Crippen molar-refractivity contribution < 1.29 is 10.2 Å². The smallest absolute Gasteiger partial charge is 0.150 e. The second-order valence-corrected chi connectivity index (χ2v) is 3.13. The Balaban J connectivity index is 2.79. The zero-order valence-electron chi connectivity index (χ0n) is 7.72. The number of nitrogens with two attached hydrogens (primary N) is 3. The van der Waals surface area contributed by atoms with E-state index in [4.69, 9.17) is 22.3 Å². The van der Waals surface area contributed by atoms with E-state index in [1.54, 1.807) is 0 Å². The molecule has 0 fully saturated rings. The maximum atomic E-state index is 9.43. The lowest BCUT2D eigenvalue weighted by Crippen LogP contribution is -2.64. The van der Waals surface area contributed by atoms with Gasteiger partial charge in [-0.15, -0.1) is 0 Å². The third-order valence-corrected chi connectivity index (χ3v) is 2.07. The Morgan fingerprint density at radius 2 is 2.00 bits per heavy atom. The van der Waals surface area contributed by atoms with Gasteiger partial charge < -0.3 is 27.4 Å². The Morgan fingerprint density at radius 1 is 1.36 bits per heavy atom. The van der Waals surface area contributed by atoms with Crippen molar-refractivity contribution >= 4 is 11.4 Å². The van der Waals surface area contributed by atoms with E-state index in [9.17, 15) is 5.11 Å². The van der Waals surface area contributed by atoms with Crippen LogP contribution in [0, 0.1) is 0 Å². The van der Waals surface area contributed by atoms with Gasteiger partial charge >= 0.3 is 0 Å². The summed E-state index contributed by atoms with van der Waals surface area (Å²) in [6.45, 7) is -0.132. The summed E-state index contributed by atoms with van der Waals surface area (Å²) >= 11 is 0. The molecule has 1 rings (SSSR count). The molecule has 7 nitrogen and oxygen atoms in total. The first-order valence-corrected chi connectivity index (χ1v) is 4.26. The Bertz CT molecular complexity index is 273. The quantitative estimate of drug-likeness (QED) is 0.310. The maximum absolute atomic E-state index is 9.43. The number of aliphatic hydroxyl groups excluding tert-OH is 2. The van der Waals surface area contributed by atoms with Gasteiger partial charge in [0.25, 0.3) is 0 Å². The Hall–Kier alpha value is -0.860. The molecule has 1 atom stereocenters. The molecular formula is C7H15N5O2. The van der Waals surface area contributed by atoms with Crippen LogP contribution in [-0.2, 0) is 0 Å². The van der Waals surface area contributed by atoms with Crippen LogP contribution in [0.15, 0.2) is 10.2 Å². The van der Waals surface area contributed by atoms with Gasteiger partial charge in [0, 0.05) is 19.6 Å². The highest BCUT2D eigenvalue weighted by molar-refractivity contribution is 6.19. The molecule has 0 spiro atoms. The Labute approximate surface area is 81.3 Å². The van der Waals surface area contributed by atoms with Crippen LogP contribution in [0.4, 0.5) is 0 Å². The molecule has 0 aromatic carbocycles. The number of nitrogens with zero attached hydrogens (tertiary/aromatic N) is 2. The standard InChI is InChI=1S/C7H15N5O2/c8-3-4(14)6-7(9,10)5(1-2-13)11-12-6/h4,13-14H,1-3,8-10H2. The van der Waals surface area contributed by atoms with Crippen LogP contribution in [-0.4, -0.2) is 46.6 Å². The maximum Gasteiger partial charge on any atom is 0.150 e. The Morgan fingerprint density at radius 3 is 2.50 bits per heavy atom. The van der Waals surface area contributed by atoms with Crippen LogP contribution in [0.1, 0.15) is 6.42 Å². The molecule has 80 valence electrons. The normalized spacial score (nSPS) is 21.8. The van der Waals surface area contributed by atoms with E-state index < -0.39 is 11.8 Å². The fraction of sp³-hybridized carbons (Fsp3) is 0.714. The predicted octanol–water partition coefficient (Wildman–Crippen LogP) is -2.89. The molecule has 0 aliphatic carbocycles. The predicted molar refractivity (Wildman–Crippen MR) is 52.7 cm³/mol. The van der Waals surface area contributed by atoms with E-state index >= 15 is 0 Å². The highest BCUT2D eigenvalue weighted by atomic mass is 16.3. The van der Waals surface area contributed by atoms with Crippen molar-refractivity contribution in [1.82, 2.24) is 0 Å². The van der Waals surface area contributed by atoms with Gasteiger partial charge in [-0.3, -0.25) is 0 Å². The first kappa shape index (κ1) is 11.2. The van der Waals surface area contributed by atoms with E-state index in [2.05, 4.69) is 10.2 Å². The molecule has 1 heterocycles. The van der Waals surface area contributed by atoms with E-state index in [0.717, 1.165) is 0 Å². The zero-order chi connectivity index (χ0) is 10.8. The highest BCUT2D eigenvalue weighted by Gasteiger charge is 2.39. The van der Waals surface area contributed by atoms with Crippen molar-refractivity contribution in [3.05, 3.63) is 0 Å². The average molecular weight is 201 g/mol. The summed E-state index contributed by atoms with van der Waals surface area (Å²) in [6, 6.07) is 0. The average Bonchev–Trinajstić information content (AvgIpc) is 2.42. The molecule has 14 heavy (non-hydrogen) atoms. The summed E-state index contributed by atoms with van der Waals surface area (Å²) in [4.78, 5) is 0. The monoisotopic (exact) mass is 201 g/mol. The molecule has 0 aromatic heterocycles. The van der Waals surface area contributed by atoms with Crippen LogP contribution >= 0.6 is 0 Å². The molecule has 1 aliphatic heterocycles. The van der Waals surface area contributed by atoms with Gasteiger partial charge in [-0.2, -0.15) is 10.2 Å². The van der Waals surface area contributed by atoms with Crippen LogP contribution in [0.5, 0.6) is 0 Å². The van der Waals surface area contributed by atoms with E-state index in [1.165, 1.54) is 0 Å². The number of aliphatic hydroxyl groups is 2. The zero-order valence-corrected chi connectivity index (χ0v) is 7.72. The SMILES string of the molecule is NCC(O)C1=NN=C(CCO)C1(N)N. The summed E-state index contributed by atoms with van der Waals surface area (Å²) in [5.41, 5.74) is 15.8. The molecule has 0 bridgehead atoms. The van der Waals surface area contributed by atoms with Crippen molar-refractivity contribution in [2.75, 3.05) is 13.2 Å². The molecule has 1 aliphatic rings. The van der Waals surface area contributed by atoms with Crippen molar-refractivity contribution in [2.45, 2.75) is 18.2 Å². The van der Waals surface area contributed by atoms with Gasteiger partial charge in [0.1, 0.15) is 17.5 Å². The molecule has 0 amide bonds. The third-order valence-electron chi connectivity index (χ3n) is 2.07. The van der Waals surface area contributed by atoms with Crippen LogP contribution in [0.3, 0.4) is 0 Å². The summed E-state index contributed by atoms with van der Waals surface area (Å²) < 4.78 is 0. The van der Waals surface area contributed by atoms with Gasteiger partial charge in [0.15, 0.2) is 0 Å². The van der Waals surface area contributed by atoms with Crippen molar-refractivity contribution in [3.8, 4) is 0 Å². The second-order valence-electron chi connectivity index (χ2n) is 3.13. The second kappa shape index (κ2) is 4.11. The van der Waals surface area contributed by atoms with Gasteiger partial charge in [0.05, 0.1) is 5.71 Å². The van der Waals surface area contributed by atoms with Crippen LogP contribution in [0.2, 0.25) is 0 Å². The molecule has 8 N–H and O–H groups in total. The van der Waals surface area contributed by atoms with Gasteiger partial charge in [-0.1, -0.05) is 0 Å². The summed E-state index contributed by atoms with van der Waals surface area (Å²) in [5.74, 6) is 0. The first-order chi connectivity index (χ1) is 6.54. The lowest BCUT2D eigenvalue weighted by molar-refractivity contribution is 0.244. The minimum Gasteiger partial charge on any atom is -0.396 e. The lowest BCUT2D eigenvalue weighted by Gasteiger charge is -2.24. The largest absolute Gasteiger partial charge is 0.396 e. The molecule has 0 aromatic rings. The molecule has 0 radical (unpaired) electrons. The van der Waals surface area contributed by atoms with Gasteiger partial charge in [-0.25, -0.2) is 0 Å². The van der Waals surface area contributed by atoms with E-state index in [1.807, 2.05) is 0 Å². The van der Waals surface area contributed by atoms with Crippen LogP contribution in [0.25, 0.3) is 0 Å². The molecule has 1 unspecified atom stereocenters. The summed E-state index contributed by atoms with van der Waals surface area (Å²) in [6.07, 6.45) is -0.762. The fourth-order valence-electron chi connectivity index (χ4n) is 1.24. The van der Waals surface area contributed by atoms with Crippen molar-refractivity contribution in [3.63, 3.8) is 0 Å². The fourth-order valence-corrected chi connectivity index (χ4v) is 1.24. The van der Waals surface area contributed by atoms with Crippen molar-refractivity contribution in [1.29, 1.82) is 0 Å². The first-order valence-electron chi connectivity index (χ1n) is 4.26. The van der Waals surface area contributed by atoms with Crippen molar-refractivity contribution in [2.24, 2.45) is 27.4 Å². The molecule has 0 saturated heterocycles. The lowest BCUT2D eigenvalue weighted by atomic mass is 9.95. The minimum absolute atomic E-state index is 0.0170. The molecular weight excluding hydrogens is 186 g/mol.